The van der Waals surface area contributed by atoms with Gasteiger partial charge in [0.05, 0.1) is 6.10 Å². The molecule has 1 amide bonds. The first-order valence-corrected chi connectivity index (χ1v) is 4.52. The molecule has 1 rings (SSSR count). The van der Waals surface area contributed by atoms with Crippen molar-refractivity contribution in [2.24, 2.45) is 0 Å². The second kappa shape index (κ2) is 6.00. The Bertz CT molecular complexity index is 136. The molecule has 0 heterocycles. The van der Waals surface area contributed by atoms with Gasteiger partial charge in [0.25, 0.3) is 0 Å². The number of carbonyl (C=O) groups is 1. The van der Waals surface area contributed by atoms with E-state index in [1.54, 1.807) is 14.0 Å². The van der Waals surface area contributed by atoms with Gasteiger partial charge in [-0.15, -0.1) is 0 Å². The summed E-state index contributed by atoms with van der Waals surface area (Å²) in [5.41, 5.74) is 0. The standard InChI is InChI=1S/C7H13NO2.C2H6.H2/c1-5(9)8-6-3-7(4-6)10-2;1-2;/h6-7H,3-4H2,1-2H3,(H,8,9);1-2H3;1H. The molecule has 0 saturated heterocycles. The van der Waals surface area contributed by atoms with Crippen molar-refractivity contribution in [1.82, 2.24) is 5.32 Å². The molecule has 0 radical (unpaired) electrons. The second-order valence-electron chi connectivity index (χ2n) is 2.73. The van der Waals surface area contributed by atoms with Gasteiger partial charge in [0.2, 0.25) is 5.91 Å². The van der Waals surface area contributed by atoms with Crippen LogP contribution in [0.2, 0.25) is 0 Å². The molecule has 1 aliphatic carbocycles. The second-order valence-corrected chi connectivity index (χ2v) is 2.73. The lowest BCUT2D eigenvalue weighted by atomic mass is 9.89. The molecule has 0 unspecified atom stereocenters. The zero-order valence-electron chi connectivity index (χ0n) is 8.39. The van der Waals surface area contributed by atoms with Crippen LogP contribution in [0.15, 0.2) is 0 Å². The Hall–Kier alpha value is -0.570. The van der Waals surface area contributed by atoms with Crippen LogP contribution in [0.25, 0.3) is 0 Å². The Labute approximate surface area is 76.0 Å². The number of carbonyl (C=O) groups excluding carboxylic acids is 1. The highest BCUT2D eigenvalue weighted by Gasteiger charge is 2.28. The summed E-state index contributed by atoms with van der Waals surface area (Å²) in [6, 6.07) is 0.363. The minimum absolute atomic E-state index is 0. The summed E-state index contributed by atoms with van der Waals surface area (Å²) in [7, 11) is 1.70. The third-order valence-electron chi connectivity index (χ3n) is 1.84. The normalized spacial score (nSPS) is 26.3. The first-order valence-electron chi connectivity index (χ1n) is 4.52. The van der Waals surface area contributed by atoms with E-state index in [9.17, 15) is 4.79 Å². The molecule has 3 heteroatoms. The first kappa shape index (κ1) is 11.4. The van der Waals surface area contributed by atoms with E-state index in [0.29, 0.717) is 12.1 Å². The van der Waals surface area contributed by atoms with Crippen LogP contribution in [0.4, 0.5) is 0 Å². The van der Waals surface area contributed by atoms with E-state index in [4.69, 9.17) is 4.74 Å². The predicted molar refractivity (Wildman–Crippen MR) is 51.1 cm³/mol. The summed E-state index contributed by atoms with van der Waals surface area (Å²) >= 11 is 0. The number of hydrogen-bond donors (Lipinski definition) is 1. The molecule has 0 aromatic carbocycles. The van der Waals surface area contributed by atoms with Gasteiger partial charge in [-0.25, -0.2) is 0 Å². The molecular formula is C9H21NO2. The van der Waals surface area contributed by atoms with Crippen molar-refractivity contribution in [2.75, 3.05) is 7.11 Å². The van der Waals surface area contributed by atoms with E-state index in [0.717, 1.165) is 12.8 Å². The number of methoxy groups -OCH3 is 1. The highest BCUT2D eigenvalue weighted by Crippen LogP contribution is 2.21. The monoisotopic (exact) mass is 175 g/mol. The van der Waals surface area contributed by atoms with Crippen LogP contribution in [0.3, 0.4) is 0 Å². The van der Waals surface area contributed by atoms with Crippen LogP contribution in [0.1, 0.15) is 35.0 Å². The summed E-state index contributed by atoms with van der Waals surface area (Å²) in [5.74, 6) is 0.0551. The van der Waals surface area contributed by atoms with Gasteiger partial charge in [-0.3, -0.25) is 4.79 Å². The van der Waals surface area contributed by atoms with Crippen molar-refractivity contribution in [3.8, 4) is 0 Å². The van der Waals surface area contributed by atoms with Crippen LogP contribution in [0.5, 0.6) is 0 Å². The van der Waals surface area contributed by atoms with Crippen molar-refractivity contribution in [3.05, 3.63) is 0 Å². The molecule has 0 aliphatic heterocycles. The summed E-state index contributed by atoms with van der Waals surface area (Å²) in [6.07, 6.45) is 2.31. The van der Waals surface area contributed by atoms with Gasteiger partial charge >= 0.3 is 0 Å². The zero-order chi connectivity index (χ0) is 9.56. The maximum Gasteiger partial charge on any atom is 0.217 e. The van der Waals surface area contributed by atoms with Gasteiger partial charge in [0.15, 0.2) is 0 Å². The van der Waals surface area contributed by atoms with Crippen molar-refractivity contribution in [3.63, 3.8) is 0 Å². The van der Waals surface area contributed by atoms with Crippen LogP contribution >= 0.6 is 0 Å². The molecule has 3 nitrogen and oxygen atoms in total. The van der Waals surface area contributed by atoms with Crippen molar-refractivity contribution in [2.45, 2.75) is 45.8 Å². The minimum Gasteiger partial charge on any atom is -0.381 e. The minimum atomic E-state index is 0. The smallest absolute Gasteiger partial charge is 0.217 e. The van der Waals surface area contributed by atoms with E-state index in [1.807, 2.05) is 13.8 Å². The summed E-state index contributed by atoms with van der Waals surface area (Å²) in [5, 5.41) is 2.82. The fourth-order valence-corrected chi connectivity index (χ4v) is 1.16. The fraction of sp³-hybridized carbons (Fsp3) is 0.889. The summed E-state index contributed by atoms with van der Waals surface area (Å²) < 4.78 is 5.05. The molecule has 12 heavy (non-hydrogen) atoms. The lowest BCUT2D eigenvalue weighted by molar-refractivity contribution is -0.121. The van der Waals surface area contributed by atoms with E-state index in [-0.39, 0.29) is 7.33 Å². The van der Waals surface area contributed by atoms with Crippen molar-refractivity contribution in [1.29, 1.82) is 0 Å². The van der Waals surface area contributed by atoms with E-state index in [2.05, 4.69) is 5.32 Å². The number of hydrogen-bond acceptors (Lipinski definition) is 2. The van der Waals surface area contributed by atoms with E-state index < -0.39 is 0 Å². The van der Waals surface area contributed by atoms with E-state index in [1.165, 1.54) is 0 Å². The lowest BCUT2D eigenvalue weighted by Gasteiger charge is -2.34. The number of rotatable bonds is 2. The Kier molecular flexibility index (Phi) is 5.72. The maximum atomic E-state index is 10.5. The predicted octanol–water partition coefficient (Wildman–Crippen LogP) is 1.57. The van der Waals surface area contributed by atoms with Crippen LogP contribution in [-0.2, 0) is 9.53 Å². The largest absolute Gasteiger partial charge is 0.381 e. The van der Waals surface area contributed by atoms with Gasteiger partial charge in [0.1, 0.15) is 0 Å². The molecule has 0 aromatic heterocycles. The Morgan fingerprint density at radius 1 is 1.50 bits per heavy atom. The zero-order valence-corrected chi connectivity index (χ0v) is 8.39. The van der Waals surface area contributed by atoms with Crippen LogP contribution < -0.4 is 5.32 Å². The number of ether oxygens (including phenoxy) is 1. The lowest BCUT2D eigenvalue weighted by Crippen LogP contribution is -2.46. The molecule has 1 N–H and O–H groups in total. The molecule has 0 spiro atoms. The highest BCUT2D eigenvalue weighted by atomic mass is 16.5. The van der Waals surface area contributed by atoms with Crippen LogP contribution in [-0.4, -0.2) is 25.2 Å². The fourth-order valence-electron chi connectivity index (χ4n) is 1.16. The van der Waals surface area contributed by atoms with Gasteiger partial charge in [-0.2, -0.15) is 0 Å². The molecular weight excluding hydrogens is 154 g/mol. The van der Waals surface area contributed by atoms with Crippen molar-refractivity contribution >= 4 is 5.91 Å². The third kappa shape index (κ3) is 3.72. The molecule has 1 fully saturated rings. The van der Waals surface area contributed by atoms with Gasteiger partial charge < -0.3 is 10.1 Å². The Morgan fingerprint density at radius 2 is 2.00 bits per heavy atom. The van der Waals surface area contributed by atoms with Gasteiger partial charge in [0, 0.05) is 21.5 Å². The average Bonchev–Trinajstić information content (AvgIpc) is 1.99. The maximum absolute atomic E-state index is 10.5. The Morgan fingerprint density at radius 3 is 2.33 bits per heavy atom. The summed E-state index contributed by atoms with van der Waals surface area (Å²) in [4.78, 5) is 10.5. The molecule has 1 aliphatic rings. The van der Waals surface area contributed by atoms with Gasteiger partial charge in [-0.05, 0) is 12.8 Å². The number of amides is 1. The third-order valence-corrected chi connectivity index (χ3v) is 1.84. The molecule has 0 atom stereocenters. The average molecular weight is 175 g/mol. The van der Waals surface area contributed by atoms with Gasteiger partial charge in [-0.1, -0.05) is 13.8 Å². The Balaban J connectivity index is 0. The highest BCUT2D eigenvalue weighted by molar-refractivity contribution is 5.73. The molecule has 0 bridgehead atoms. The van der Waals surface area contributed by atoms with Crippen LogP contribution in [0, 0.1) is 0 Å². The summed E-state index contributed by atoms with van der Waals surface area (Å²) in [6.45, 7) is 5.54. The van der Waals surface area contributed by atoms with Crippen molar-refractivity contribution < 1.29 is 11.0 Å². The number of nitrogens with one attached hydrogen (secondary N) is 1. The SMILES string of the molecule is CC.COC1CC(NC(C)=O)C1.[HH]. The molecule has 0 aromatic rings. The molecule has 1 saturated carbocycles. The molecule has 74 valence electrons. The van der Waals surface area contributed by atoms with E-state index >= 15 is 0 Å². The first-order chi connectivity index (χ1) is 5.72. The quantitative estimate of drug-likeness (QED) is 0.692. The topological polar surface area (TPSA) is 38.3 Å².